The first-order valence-electron chi connectivity index (χ1n) is 7.12. The molecule has 1 aromatic heterocycles. The second-order valence-electron chi connectivity index (χ2n) is 4.84. The molecule has 6 heteroatoms. The van der Waals surface area contributed by atoms with Gasteiger partial charge in [-0.05, 0) is 42.8 Å². The monoisotopic (exact) mass is 327 g/mol. The molecule has 1 heterocycles. The number of aromatic nitrogens is 1. The number of hydrogen-bond acceptors (Lipinski definition) is 6. The summed E-state index contributed by atoms with van der Waals surface area (Å²) in [6.07, 6.45) is 4.32. The average Bonchev–Trinajstić information content (AvgIpc) is 2.60. The lowest BCUT2D eigenvalue weighted by Gasteiger charge is -2.10. The summed E-state index contributed by atoms with van der Waals surface area (Å²) in [6, 6.07) is 8.31. The maximum absolute atomic E-state index is 12.1. The van der Waals surface area contributed by atoms with Crippen LogP contribution in [0, 0.1) is 6.92 Å². The van der Waals surface area contributed by atoms with Gasteiger partial charge < -0.3 is 14.2 Å². The Labute approximate surface area is 139 Å². The van der Waals surface area contributed by atoms with Gasteiger partial charge in [0.25, 0.3) is 0 Å². The van der Waals surface area contributed by atoms with Gasteiger partial charge in [0.05, 0.1) is 19.8 Å². The Morgan fingerprint density at radius 1 is 1.08 bits per heavy atom. The van der Waals surface area contributed by atoms with Crippen molar-refractivity contribution >= 4 is 18.0 Å². The van der Waals surface area contributed by atoms with Crippen molar-refractivity contribution in [3.63, 3.8) is 0 Å². The fraction of sp³-hybridized carbons (Fsp3) is 0.167. The summed E-state index contributed by atoms with van der Waals surface area (Å²) in [7, 11) is 2.77. The van der Waals surface area contributed by atoms with E-state index in [2.05, 4.69) is 9.72 Å². The van der Waals surface area contributed by atoms with Gasteiger partial charge in [-0.1, -0.05) is 6.07 Å². The number of ether oxygens (including phenoxy) is 3. The molecule has 0 aliphatic rings. The van der Waals surface area contributed by atoms with E-state index >= 15 is 0 Å². The van der Waals surface area contributed by atoms with Crippen molar-refractivity contribution in [2.24, 2.45) is 0 Å². The lowest BCUT2D eigenvalue weighted by atomic mass is 10.2. The van der Waals surface area contributed by atoms with Crippen LogP contribution < -0.4 is 9.47 Å². The van der Waals surface area contributed by atoms with Crippen molar-refractivity contribution in [1.82, 2.24) is 4.98 Å². The number of rotatable bonds is 5. The number of nitrogens with zero attached hydrogens (tertiary/aromatic N) is 1. The normalized spacial score (nSPS) is 10.5. The van der Waals surface area contributed by atoms with Gasteiger partial charge in [0.2, 0.25) is 0 Å². The predicted molar refractivity (Wildman–Crippen MR) is 88.0 cm³/mol. The summed E-state index contributed by atoms with van der Waals surface area (Å²) in [5.74, 6) is -0.344. The number of carbonyl (C=O) groups excluding carboxylic acids is 2. The Morgan fingerprint density at radius 3 is 2.50 bits per heavy atom. The fourth-order valence-electron chi connectivity index (χ4n) is 1.85. The van der Waals surface area contributed by atoms with E-state index in [4.69, 9.17) is 9.47 Å². The van der Waals surface area contributed by atoms with E-state index in [0.29, 0.717) is 16.9 Å². The Bertz CT molecular complexity index is 765. The lowest BCUT2D eigenvalue weighted by molar-refractivity contribution is -0.134. The molecule has 0 N–H and O–H groups in total. The van der Waals surface area contributed by atoms with Crippen LogP contribution in [0.15, 0.2) is 42.6 Å². The SMILES string of the molecule is COC(=O)/C=C/c1ccc(OC(=O)c2ccc(C)nc2)c(OC)c1. The van der Waals surface area contributed by atoms with Crippen LogP contribution in [0.5, 0.6) is 11.5 Å². The van der Waals surface area contributed by atoms with Crippen LogP contribution in [-0.2, 0) is 9.53 Å². The van der Waals surface area contributed by atoms with Gasteiger partial charge >= 0.3 is 11.9 Å². The molecule has 124 valence electrons. The van der Waals surface area contributed by atoms with Crippen LogP contribution in [0.1, 0.15) is 21.6 Å². The molecule has 24 heavy (non-hydrogen) atoms. The summed E-state index contributed by atoms with van der Waals surface area (Å²) < 4.78 is 15.1. The highest BCUT2D eigenvalue weighted by molar-refractivity contribution is 5.91. The highest BCUT2D eigenvalue weighted by atomic mass is 16.6. The van der Waals surface area contributed by atoms with Gasteiger partial charge in [-0.25, -0.2) is 9.59 Å². The number of pyridine rings is 1. The molecule has 6 nitrogen and oxygen atoms in total. The topological polar surface area (TPSA) is 74.7 Å². The lowest BCUT2D eigenvalue weighted by Crippen LogP contribution is -2.09. The zero-order chi connectivity index (χ0) is 17.5. The van der Waals surface area contributed by atoms with Gasteiger partial charge in [-0.3, -0.25) is 4.98 Å². The molecule has 0 unspecified atom stereocenters. The minimum absolute atomic E-state index is 0.276. The van der Waals surface area contributed by atoms with Gasteiger partial charge in [-0.15, -0.1) is 0 Å². The minimum Gasteiger partial charge on any atom is -0.493 e. The second-order valence-corrected chi connectivity index (χ2v) is 4.84. The van der Waals surface area contributed by atoms with E-state index in [1.165, 1.54) is 26.5 Å². The first-order chi connectivity index (χ1) is 11.5. The molecule has 0 aliphatic carbocycles. The third-order valence-electron chi connectivity index (χ3n) is 3.15. The Hall–Kier alpha value is -3.15. The molecule has 0 saturated heterocycles. The van der Waals surface area contributed by atoms with Crippen LogP contribution >= 0.6 is 0 Å². The van der Waals surface area contributed by atoms with Crippen molar-refractivity contribution in [1.29, 1.82) is 0 Å². The summed E-state index contributed by atoms with van der Waals surface area (Å²) in [5, 5.41) is 0. The summed E-state index contributed by atoms with van der Waals surface area (Å²) in [6.45, 7) is 1.83. The first kappa shape index (κ1) is 17.2. The third-order valence-corrected chi connectivity index (χ3v) is 3.15. The Balaban J connectivity index is 2.18. The highest BCUT2D eigenvalue weighted by Gasteiger charge is 2.13. The number of methoxy groups -OCH3 is 2. The standard InChI is InChI=1S/C18H17NO5/c1-12-4-7-14(11-19-12)18(21)24-15-8-5-13(10-16(15)22-2)6-9-17(20)23-3/h4-11H,1-3H3/b9-6+. The molecule has 0 fully saturated rings. The molecule has 2 aromatic rings. The van der Waals surface area contributed by atoms with E-state index in [1.807, 2.05) is 6.92 Å². The molecule has 0 saturated carbocycles. The molecular formula is C18H17NO5. The van der Waals surface area contributed by atoms with Crippen LogP contribution in [0.25, 0.3) is 6.08 Å². The quantitative estimate of drug-likeness (QED) is 0.477. The molecule has 0 aliphatic heterocycles. The minimum atomic E-state index is -0.529. The maximum Gasteiger partial charge on any atom is 0.345 e. The van der Waals surface area contributed by atoms with Crippen molar-refractivity contribution in [3.05, 3.63) is 59.4 Å². The smallest absolute Gasteiger partial charge is 0.345 e. The van der Waals surface area contributed by atoms with E-state index in [9.17, 15) is 9.59 Å². The zero-order valence-electron chi connectivity index (χ0n) is 13.6. The molecule has 0 atom stereocenters. The van der Waals surface area contributed by atoms with Crippen LogP contribution in [0.2, 0.25) is 0 Å². The summed E-state index contributed by atoms with van der Waals surface area (Å²) in [4.78, 5) is 27.3. The number of esters is 2. The van der Waals surface area contributed by atoms with E-state index in [-0.39, 0.29) is 5.75 Å². The Morgan fingerprint density at radius 2 is 1.88 bits per heavy atom. The van der Waals surface area contributed by atoms with Crippen molar-refractivity contribution in [3.8, 4) is 11.5 Å². The summed E-state index contributed by atoms with van der Waals surface area (Å²) in [5.41, 5.74) is 1.86. The molecule has 0 radical (unpaired) electrons. The molecule has 0 bridgehead atoms. The zero-order valence-corrected chi connectivity index (χ0v) is 13.6. The maximum atomic E-state index is 12.1. The van der Waals surface area contributed by atoms with Gasteiger partial charge in [0.15, 0.2) is 11.5 Å². The molecule has 1 aromatic carbocycles. The van der Waals surface area contributed by atoms with Gasteiger partial charge in [0.1, 0.15) is 0 Å². The van der Waals surface area contributed by atoms with E-state index in [1.54, 1.807) is 36.4 Å². The molecule has 0 amide bonds. The van der Waals surface area contributed by atoms with Gasteiger partial charge in [-0.2, -0.15) is 0 Å². The van der Waals surface area contributed by atoms with Crippen LogP contribution in [-0.4, -0.2) is 31.1 Å². The number of aryl methyl sites for hydroxylation is 1. The highest BCUT2D eigenvalue weighted by Crippen LogP contribution is 2.29. The van der Waals surface area contributed by atoms with Crippen LogP contribution in [0.3, 0.4) is 0 Å². The van der Waals surface area contributed by atoms with Crippen molar-refractivity contribution in [2.45, 2.75) is 6.92 Å². The largest absolute Gasteiger partial charge is 0.493 e. The molecule has 2 rings (SSSR count). The third kappa shape index (κ3) is 4.42. The van der Waals surface area contributed by atoms with Gasteiger partial charge in [0, 0.05) is 18.0 Å². The number of benzene rings is 1. The van der Waals surface area contributed by atoms with Crippen LogP contribution in [0.4, 0.5) is 0 Å². The van der Waals surface area contributed by atoms with Crippen molar-refractivity contribution in [2.75, 3.05) is 14.2 Å². The van der Waals surface area contributed by atoms with E-state index in [0.717, 1.165) is 5.69 Å². The first-order valence-corrected chi connectivity index (χ1v) is 7.12. The number of carbonyl (C=O) groups is 2. The second kappa shape index (κ2) is 7.92. The average molecular weight is 327 g/mol. The number of hydrogen-bond donors (Lipinski definition) is 0. The fourth-order valence-corrected chi connectivity index (χ4v) is 1.85. The van der Waals surface area contributed by atoms with Crippen molar-refractivity contribution < 1.29 is 23.8 Å². The molecular weight excluding hydrogens is 310 g/mol. The Kier molecular flexibility index (Phi) is 5.68. The van der Waals surface area contributed by atoms with E-state index < -0.39 is 11.9 Å². The predicted octanol–water partition coefficient (Wildman–Crippen LogP) is 2.80. The summed E-state index contributed by atoms with van der Waals surface area (Å²) >= 11 is 0. The molecule has 0 spiro atoms.